The van der Waals surface area contributed by atoms with Crippen LogP contribution in [0.2, 0.25) is 0 Å². The van der Waals surface area contributed by atoms with Gasteiger partial charge in [0.25, 0.3) is 5.91 Å². The Bertz CT molecular complexity index is 480. The third kappa shape index (κ3) is 3.24. The van der Waals surface area contributed by atoms with Crippen molar-refractivity contribution in [2.75, 3.05) is 26.4 Å². The number of nitrogens with one attached hydrogen (secondary N) is 1. The van der Waals surface area contributed by atoms with Crippen LogP contribution in [-0.4, -0.2) is 55.7 Å². The SMILES string of the molecule is O=C(N[C@H]1COC[C@H]1O)[C@@H]1OCCO[C@@H]1c1ccccc1. The van der Waals surface area contributed by atoms with Gasteiger partial charge in [0.1, 0.15) is 6.10 Å². The summed E-state index contributed by atoms with van der Waals surface area (Å²) in [6.45, 7) is 1.40. The fourth-order valence-electron chi connectivity index (χ4n) is 2.60. The molecule has 114 valence electrons. The summed E-state index contributed by atoms with van der Waals surface area (Å²) < 4.78 is 16.4. The molecule has 21 heavy (non-hydrogen) atoms. The van der Waals surface area contributed by atoms with Gasteiger partial charge >= 0.3 is 0 Å². The van der Waals surface area contributed by atoms with Crippen molar-refractivity contribution in [1.82, 2.24) is 5.32 Å². The third-order valence-corrected chi connectivity index (χ3v) is 3.72. The predicted molar refractivity (Wildman–Crippen MR) is 73.6 cm³/mol. The van der Waals surface area contributed by atoms with E-state index in [2.05, 4.69) is 5.32 Å². The molecule has 2 aliphatic heterocycles. The van der Waals surface area contributed by atoms with Gasteiger partial charge in [-0.1, -0.05) is 30.3 Å². The second kappa shape index (κ2) is 6.53. The van der Waals surface area contributed by atoms with Crippen molar-refractivity contribution >= 4 is 5.91 Å². The number of hydrogen-bond donors (Lipinski definition) is 2. The maximum absolute atomic E-state index is 12.4. The van der Waals surface area contributed by atoms with Crippen molar-refractivity contribution in [1.29, 1.82) is 0 Å². The van der Waals surface area contributed by atoms with E-state index in [0.717, 1.165) is 5.56 Å². The largest absolute Gasteiger partial charge is 0.388 e. The molecule has 6 nitrogen and oxygen atoms in total. The Kier molecular flexibility index (Phi) is 4.50. The summed E-state index contributed by atoms with van der Waals surface area (Å²) in [6.07, 6.45) is -1.82. The standard InChI is InChI=1S/C15H19NO5/c17-12-9-19-8-11(12)16-15(18)14-13(20-6-7-21-14)10-4-2-1-3-5-10/h1-5,11-14,17H,6-9H2,(H,16,18)/t11-,12+,13+,14+/m0/s1. The van der Waals surface area contributed by atoms with Crippen LogP contribution < -0.4 is 5.32 Å². The average molecular weight is 293 g/mol. The zero-order valence-corrected chi connectivity index (χ0v) is 11.6. The molecule has 3 rings (SSSR count). The summed E-state index contributed by atoms with van der Waals surface area (Å²) in [5, 5.41) is 12.5. The molecule has 0 unspecified atom stereocenters. The molecule has 1 aromatic rings. The van der Waals surface area contributed by atoms with Gasteiger partial charge < -0.3 is 24.6 Å². The first-order chi connectivity index (χ1) is 10.3. The number of aliphatic hydroxyl groups is 1. The minimum Gasteiger partial charge on any atom is -0.388 e. The van der Waals surface area contributed by atoms with Gasteiger partial charge in [0.05, 0.1) is 38.6 Å². The predicted octanol–water partition coefficient (Wildman–Crippen LogP) is 0.0190. The number of benzene rings is 1. The van der Waals surface area contributed by atoms with Crippen LogP contribution in [0, 0.1) is 0 Å². The van der Waals surface area contributed by atoms with Crippen LogP contribution in [-0.2, 0) is 19.0 Å². The summed E-state index contributed by atoms with van der Waals surface area (Å²) in [7, 11) is 0. The Balaban J connectivity index is 1.70. The smallest absolute Gasteiger partial charge is 0.252 e. The first-order valence-electron chi connectivity index (χ1n) is 7.10. The first-order valence-corrected chi connectivity index (χ1v) is 7.10. The zero-order valence-electron chi connectivity index (χ0n) is 11.6. The van der Waals surface area contributed by atoms with E-state index in [1.807, 2.05) is 30.3 Å². The third-order valence-electron chi connectivity index (χ3n) is 3.72. The summed E-state index contributed by atoms with van der Waals surface area (Å²) in [6, 6.07) is 9.14. The van der Waals surface area contributed by atoms with Gasteiger partial charge in [-0.25, -0.2) is 0 Å². The Morgan fingerprint density at radius 3 is 2.62 bits per heavy atom. The Morgan fingerprint density at radius 1 is 1.14 bits per heavy atom. The van der Waals surface area contributed by atoms with Crippen molar-refractivity contribution in [3.05, 3.63) is 35.9 Å². The van der Waals surface area contributed by atoms with E-state index in [1.165, 1.54) is 0 Å². The molecule has 2 aliphatic rings. The molecule has 0 radical (unpaired) electrons. The maximum atomic E-state index is 12.4. The molecule has 6 heteroatoms. The van der Waals surface area contributed by atoms with Crippen LogP contribution in [0.1, 0.15) is 11.7 Å². The van der Waals surface area contributed by atoms with E-state index in [9.17, 15) is 9.90 Å². The Morgan fingerprint density at radius 2 is 1.90 bits per heavy atom. The number of aliphatic hydroxyl groups excluding tert-OH is 1. The highest BCUT2D eigenvalue weighted by molar-refractivity contribution is 5.82. The van der Waals surface area contributed by atoms with E-state index in [-0.39, 0.29) is 18.6 Å². The lowest BCUT2D eigenvalue weighted by Gasteiger charge is -2.32. The van der Waals surface area contributed by atoms with Gasteiger partial charge in [0.2, 0.25) is 0 Å². The quantitative estimate of drug-likeness (QED) is 0.821. The first kappa shape index (κ1) is 14.5. The van der Waals surface area contributed by atoms with Crippen LogP contribution in [0.3, 0.4) is 0 Å². The molecule has 0 bridgehead atoms. The van der Waals surface area contributed by atoms with Gasteiger partial charge in [-0.05, 0) is 5.56 Å². The Labute approximate surface area is 123 Å². The molecular weight excluding hydrogens is 274 g/mol. The molecule has 0 aliphatic carbocycles. The monoisotopic (exact) mass is 293 g/mol. The maximum Gasteiger partial charge on any atom is 0.252 e. The lowest BCUT2D eigenvalue weighted by Crippen LogP contribution is -2.51. The van der Waals surface area contributed by atoms with Gasteiger partial charge in [-0.2, -0.15) is 0 Å². The van der Waals surface area contributed by atoms with Crippen LogP contribution >= 0.6 is 0 Å². The van der Waals surface area contributed by atoms with Crippen LogP contribution in [0.5, 0.6) is 0 Å². The number of ether oxygens (including phenoxy) is 3. The molecule has 0 saturated carbocycles. The fourth-order valence-corrected chi connectivity index (χ4v) is 2.60. The summed E-state index contributed by atoms with van der Waals surface area (Å²) in [5.74, 6) is -0.280. The number of amides is 1. The lowest BCUT2D eigenvalue weighted by atomic mass is 10.0. The second-order valence-electron chi connectivity index (χ2n) is 5.21. The van der Waals surface area contributed by atoms with Gasteiger partial charge in [0, 0.05) is 0 Å². The van der Waals surface area contributed by atoms with Crippen molar-refractivity contribution in [2.24, 2.45) is 0 Å². The van der Waals surface area contributed by atoms with E-state index in [0.29, 0.717) is 19.8 Å². The van der Waals surface area contributed by atoms with E-state index in [1.54, 1.807) is 0 Å². The molecular formula is C15H19NO5. The number of carbonyl (C=O) groups is 1. The van der Waals surface area contributed by atoms with Crippen molar-refractivity contribution < 1.29 is 24.1 Å². The van der Waals surface area contributed by atoms with Crippen LogP contribution in [0.15, 0.2) is 30.3 Å². The van der Waals surface area contributed by atoms with Gasteiger partial charge in [0.15, 0.2) is 6.10 Å². The Hall–Kier alpha value is -1.47. The molecule has 2 N–H and O–H groups in total. The number of hydrogen-bond acceptors (Lipinski definition) is 5. The van der Waals surface area contributed by atoms with E-state index < -0.39 is 18.3 Å². The average Bonchev–Trinajstić information content (AvgIpc) is 2.93. The highest BCUT2D eigenvalue weighted by Gasteiger charge is 2.37. The molecule has 0 aromatic heterocycles. The molecule has 0 spiro atoms. The molecule has 2 heterocycles. The number of carbonyl (C=O) groups excluding carboxylic acids is 1. The highest BCUT2D eigenvalue weighted by Crippen LogP contribution is 2.27. The minimum atomic E-state index is -0.714. The van der Waals surface area contributed by atoms with Crippen molar-refractivity contribution in [3.63, 3.8) is 0 Å². The van der Waals surface area contributed by atoms with Crippen molar-refractivity contribution in [2.45, 2.75) is 24.4 Å². The van der Waals surface area contributed by atoms with E-state index in [4.69, 9.17) is 14.2 Å². The van der Waals surface area contributed by atoms with Crippen LogP contribution in [0.4, 0.5) is 0 Å². The second-order valence-corrected chi connectivity index (χ2v) is 5.21. The molecule has 1 amide bonds. The number of rotatable bonds is 3. The zero-order chi connectivity index (χ0) is 14.7. The lowest BCUT2D eigenvalue weighted by molar-refractivity contribution is -0.167. The summed E-state index contributed by atoms with van der Waals surface area (Å²) >= 11 is 0. The van der Waals surface area contributed by atoms with Crippen molar-refractivity contribution in [3.8, 4) is 0 Å². The molecule has 1 aromatic carbocycles. The molecule has 2 fully saturated rings. The summed E-state index contributed by atoms with van der Waals surface area (Å²) in [5.41, 5.74) is 0.903. The van der Waals surface area contributed by atoms with Gasteiger partial charge in [-0.3, -0.25) is 4.79 Å². The van der Waals surface area contributed by atoms with Crippen LogP contribution in [0.25, 0.3) is 0 Å². The normalized spacial score (nSPS) is 32.8. The minimum absolute atomic E-state index is 0.245. The molecule has 4 atom stereocenters. The van der Waals surface area contributed by atoms with E-state index >= 15 is 0 Å². The molecule has 2 saturated heterocycles. The fraction of sp³-hybridized carbons (Fsp3) is 0.533. The summed E-state index contributed by atoms with van der Waals surface area (Å²) in [4.78, 5) is 12.4. The van der Waals surface area contributed by atoms with Gasteiger partial charge in [-0.15, -0.1) is 0 Å². The topological polar surface area (TPSA) is 77.0 Å². The highest BCUT2D eigenvalue weighted by atomic mass is 16.6.